The van der Waals surface area contributed by atoms with E-state index in [2.05, 4.69) is 20.9 Å². The van der Waals surface area contributed by atoms with Gasteiger partial charge >= 0.3 is 5.97 Å². The summed E-state index contributed by atoms with van der Waals surface area (Å²) < 4.78 is 0. The van der Waals surface area contributed by atoms with Gasteiger partial charge in [0.05, 0.1) is 6.04 Å². The zero-order valence-electron chi connectivity index (χ0n) is 22.7. The third kappa shape index (κ3) is 9.05. The van der Waals surface area contributed by atoms with E-state index in [0.717, 1.165) is 16.5 Å². The minimum atomic E-state index is -1.13. The molecule has 210 valence electrons. The Hall–Kier alpha value is -3.05. The van der Waals surface area contributed by atoms with Crippen molar-refractivity contribution in [1.29, 1.82) is 0 Å². The second-order valence-electron chi connectivity index (χ2n) is 10.3. The molecule has 4 unspecified atom stereocenters. The van der Waals surface area contributed by atoms with Gasteiger partial charge in [-0.1, -0.05) is 45.9 Å². The number of thioether (sulfide) groups is 1. The van der Waals surface area contributed by atoms with E-state index < -0.39 is 47.9 Å². The molecule has 0 aliphatic carbocycles. The van der Waals surface area contributed by atoms with Crippen LogP contribution in [0, 0.1) is 11.8 Å². The molecule has 0 aliphatic heterocycles. The van der Waals surface area contributed by atoms with Crippen molar-refractivity contribution in [1.82, 2.24) is 20.9 Å². The van der Waals surface area contributed by atoms with Gasteiger partial charge in [0.2, 0.25) is 17.7 Å². The van der Waals surface area contributed by atoms with Crippen molar-refractivity contribution in [3.63, 3.8) is 0 Å². The number of hydrogen-bond donors (Lipinski definition) is 6. The Kier molecular flexibility index (Phi) is 12.1. The first-order chi connectivity index (χ1) is 17.9. The number of amides is 3. The molecule has 38 heavy (non-hydrogen) atoms. The molecule has 0 bridgehead atoms. The fourth-order valence-corrected chi connectivity index (χ4v) is 4.63. The number of para-hydroxylation sites is 1. The molecule has 1 aromatic heterocycles. The summed E-state index contributed by atoms with van der Waals surface area (Å²) in [5.74, 6) is -2.36. The highest BCUT2D eigenvalue weighted by Crippen LogP contribution is 2.19. The van der Waals surface area contributed by atoms with E-state index in [1.807, 2.05) is 50.6 Å². The van der Waals surface area contributed by atoms with Crippen LogP contribution in [0.3, 0.4) is 0 Å². The van der Waals surface area contributed by atoms with Gasteiger partial charge in [0.15, 0.2) is 0 Å². The van der Waals surface area contributed by atoms with Crippen molar-refractivity contribution in [3.05, 3.63) is 36.0 Å². The molecule has 0 fully saturated rings. The number of aromatic nitrogens is 1. The van der Waals surface area contributed by atoms with Gasteiger partial charge in [-0.2, -0.15) is 11.8 Å². The molecule has 0 aliphatic rings. The molecule has 1 aromatic carbocycles. The third-order valence-electron chi connectivity index (χ3n) is 6.26. The van der Waals surface area contributed by atoms with Crippen LogP contribution in [0.1, 0.15) is 46.1 Å². The van der Waals surface area contributed by atoms with Crippen molar-refractivity contribution >= 4 is 46.4 Å². The number of carbonyl (C=O) groups is 4. The molecule has 0 spiro atoms. The Morgan fingerprint density at radius 2 is 1.63 bits per heavy atom. The highest BCUT2D eigenvalue weighted by Gasteiger charge is 2.32. The van der Waals surface area contributed by atoms with Crippen LogP contribution >= 0.6 is 11.8 Å². The number of hydrogen-bond acceptors (Lipinski definition) is 6. The highest BCUT2D eigenvalue weighted by atomic mass is 32.2. The van der Waals surface area contributed by atoms with E-state index >= 15 is 0 Å². The highest BCUT2D eigenvalue weighted by molar-refractivity contribution is 7.98. The zero-order chi connectivity index (χ0) is 28.4. The topological polar surface area (TPSA) is 166 Å². The van der Waals surface area contributed by atoms with Gasteiger partial charge < -0.3 is 31.8 Å². The van der Waals surface area contributed by atoms with Crippen molar-refractivity contribution in [2.75, 3.05) is 12.0 Å². The van der Waals surface area contributed by atoms with E-state index in [4.69, 9.17) is 5.73 Å². The molecule has 0 saturated heterocycles. The van der Waals surface area contributed by atoms with Gasteiger partial charge in [0, 0.05) is 17.1 Å². The molecule has 1 heterocycles. The minimum absolute atomic E-state index is 0.0742. The van der Waals surface area contributed by atoms with Crippen molar-refractivity contribution in [2.45, 2.75) is 71.1 Å². The maximum Gasteiger partial charge on any atom is 0.326 e. The second kappa shape index (κ2) is 14.8. The zero-order valence-corrected chi connectivity index (χ0v) is 23.6. The van der Waals surface area contributed by atoms with Gasteiger partial charge in [-0.25, -0.2) is 4.79 Å². The number of carbonyl (C=O) groups excluding carboxylic acids is 3. The third-order valence-corrected chi connectivity index (χ3v) is 6.91. The largest absolute Gasteiger partial charge is 0.480 e. The van der Waals surface area contributed by atoms with E-state index in [9.17, 15) is 24.3 Å². The number of nitrogens with two attached hydrogens (primary N) is 1. The Morgan fingerprint density at radius 1 is 0.974 bits per heavy atom. The fourth-order valence-electron chi connectivity index (χ4n) is 4.16. The molecular weight excluding hydrogens is 506 g/mol. The van der Waals surface area contributed by atoms with Crippen LogP contribution in [-0.2, 0) is 25.6 Å². The maximum absolute atomic E-state index is 13.3. The fraction of sp³-hybridized carbons (Fsp3) is 0.556. The van der Waals surface area contributed by atoms with Gasteiger partial charge in [0.25, 0.3) is 0 Å². The molecule has 2 aromatic rings. The Labute approximate surface area is 228 Å². The number of H-pyrrole nitrogens is 1. The van der Waals surface area contributed by atoms with Crippen LogP contribution in [0.15, 0.2) is 30.5 Å². The maximum atomic E-state index is 13.3. The summed E-state index contributed by atoms with van der Waals surface area (Å²) in [5, 5.41) is 18.5. The summed E-state index contributed by atoms with van der Waals surface area (Å²) in [6.07, 6.45) is 4.57. The van der Waals surface area contributed by atoms with Gasteiger partial charge in [0.1, 0.15) is 18.1 Å². The standard InChI is InChI=1S/C27H41N5O5S/c1-15(2)12-22(31-24(33)19(28)13-17-14-29-20-9-7-6-8-18(17)20)25(34)32-23(16(3)4)26(35)30-21(27(36)37)10-11-38-5/h6-9,14-16,19,21-23,29H,10-13,28H2,1-5H3,(H,30,35)(H,31,33)(H,32,34)(H,36,37). The summed E-state index contributed by atoms with van der Waals surface area (Å²) in [6.45, 7) is 7.37. The average molecular weight is 548 g/mol. The summed E-state index contributed by atoms with van der Waals surface area (Å²) in [6, 6.07) is 3.92. The molecule has 0 radical (unpaired) electrons. The molecule has 7 N–H and O–H groups in total. The summed E-state index contributed by atoms with van der Waals surface area (Å²) in [4.78, 5) is 54.0. The van der Waals surface area contributed by atoms with Crippen LogP contribution in [0.5, 0.6) is 0 Å². The average Bonchev–Trinajstić information content (AvgIpc) is 3.26. The Bertz CT molecular complexity index is 1100. The lowest BCUT2D eigenvalue weighted by Crippen LogP contribution is -2.58. The second-order valence-corrected chi connectivity index (χ2v) is 11.3. The van der Waals surface area contributed by atoms with Crippen molar-refractivity contribution in [3.8, 4) is 0 Å². The summed E-state index contributed by atoms with van der Waals surface area (Å²) in [7, 11) is 0. The lowest BCUT2D eigenvalue weighted by Gasteiger charge is -2.27. The van der Waals surface area contributed by atoms with E-state index in [1.165, 1.54) is 11.8 Å². The normalized spacial score (nSPS) is 14.6. The number of nitrogens with one attached hydrogen (secondary N) is 4. The summed E-state index contributed by atoms with van der Waals surface area (Å²) >= 11 is 1.48. The Balaban J connectivity index is 2.10. The molecule has 11 heteroatoms. The number of aromatic amines is 1. The minimum Gasteiger partial charge on any atom is -0.480 e. The number of carboxylic acids is 1. The van der Waals surface area contributed by atoms with Crippen molar-refractivity contribution in [2.24, 2.45) is 17.6 Å². The first kappa shape index (κ1) is 31.2. The van der Waals surface area contributed by atoms with E-state index in [-0.39, 0.29) is 24.7 Å². The van der Waals surface area contributed by atoms with E-state index in [0.29, 0.717) is 12.2 Å². The molecule has 4 atom stereocenters. The van der Waals surface area contributed by atoms with Crippen LogP contribution in [-0.4, -0.2) is 70.0 Å². The van der Waals surface area contributed by atoms with Gasteiger partial charge in [-0.3, -0.25) is 14.4 Å². The van der Waals surface area contributed by atoms with Crippen LogP contribution in [0.4, 0.5) is 0 Å². The number of aliphatic carboxylic acids is 1. The molecule has 10 nitrogen and oxygen atoms in total. The SMILES string of the molecule is CSCCC(NC(=O)C(NC(=O)C(CC(C)C)NC(=O)C(N)Cc1c[nH]c2ccccc12)C(C)C)C(=O)O. The van der Waals surface area contributed by atoms with Crippen molar-refractivity contribution < 1.29 is 24.3 Å². The molecule has 0 saturated carbocycles. The number of rotatable bonds is 15. The number of fused-ring (bicyclic) bond motifs is 1. The quantitative estimate of drug-likeness (QED) is 0.198. The predicted octanol–water partition coefficient (Wildman–Crippen LogP) is 2.03. The van der Waals surface area contributed by atoms with Crippen LogP contribution in [0.2, 0.25) is 0 Å². The monoisotopic (exact) mass is 547 g/mol. The molecular formula is C27H41N5O5S. The van der Waals surface area contributed by atoms with Gasteiger partial charge in [-0.05, 0) is 54.7 Å². The summed E-state index contributed by atoms with van der Waals surface area (Å²) in [5.41, 5.74) is 8.07. The van der Waals surface area contributed by atoms with Gasteiger partial charge in [-0.15, -0.1) is 0 Å². The Morgan fingerprint density at radius 3 is 2.24 bits per heavy atom. The predicted molar refractivity (Wildman–Crippen MR) is 151 cm³/mol. The molecule has 2 rings (SSSR count). The molecule has 3 amide bonds. The first-order valence-corrected chi connectivity index (χ1v) is 14.3. The first-order valence-electron chi connectivity index (χ1n) is 12.9. The van der Waals surface area contributed by atoms with E-state index in [1.54, 1.807) is 13.8 Å². The van der Waals surface area contributed by atoms with Crippen LogP contribution in [0.25, 0.3) is 10.9 Å². The van der Waals surface area contributed by atoms with Crippen LogP contribution < -0.4 is 21.7 Å². The smallest absolute Gasteiger partial charge is 0.326 e. The lowest BCUT2D eigenvalue weighted by atomic mass is 9.99. The number of benzene rings is 1. The number of carboxylic acid groups (broad SMARTS) is 1. The lowest BCUT2D eigenvalue weighted by molar-refractivity contribution is -0.142.